The Hall–Kier alpha value is -0.120. The zero-order valence-electron chi connectivity index (χ0n) is 10.7. The highest BCUT2D eigenvalue weighted by molar-refractivity contribution is 4.56. The van der Waals surface area contributed by atoms with Crippen LogP contribution in [0.1, 0.15) is 40.5 Å². The molecule has 0 aromatic rings. The SMILES string of the molecule is CCOC(CCNCC(C)CC)OCC. The van der Waals surface area contributed by atoms with Crippen molar-refractivity contribution in [2.45, 2.75) is 46.8 Å². The number of hydrogen-bond donors (Lipinski definition) is 1. The molecular weight excluding hydrogens is 190 g/mol. The van der Waals surface area contributed by atoms with Crippen LogP contribution in [0.2, 0.25) is 0 Å². The second kappa shape index (κ2) is 10.4. The number of ether oxygens (including phenoxy) is 2. The molecule has 0 aliphatic heterocycles. The molecule has 0 fully saturated rings. The van der Waals surface area contributed by atoms with Crippen LogP contribution in [0.15, 0.2) is 0 Å². The van der Waals surface area contributed by atoms with E-state index >= 15 is 0 Å². The van der Waals surface area contributed by atoms with Gasteiger partial charge in [0.2, 0.25) is 0 Å². The third-order valence-electron chi connectivity index (χ3n) is 2.45. The van der Waals surface area contributed by atoms with Gasteiger partial charge in [0.05, 0.1) is 0 Å². The molecule has 0 aliphatic carbocycles. The summed E-state index contributed by atoms with van der Waals surface area (Å²) in [6.07, 6.45) is 2.12. The Morgan fingerprint density at radius 2 is 1.67 bits per heavy atom. The monoisotopic (exact) mass is 217 g/mol. The number of nitrogens with one attached hydrogen (secondary N) is 1. The van der Waals surface area contributed by atoms with Crippen molar-refractivity contribution in [1.29, 1.82) is 0 Å². The molecule has 0 spiro atoms. The summed E-state index contributed by atoms with van der Waals surface area (Å²) in [4.78, 5) is 0. The fourth-order valence-electron chi connectivity index (χ4n) is 1.30. The Morgan fingerprint density at radius 1 is 1.07 bits per heavy atom. The van der Waals surface area contributed by atoms with Crippen LogP contribution in [0.25, 0.3) is 0 Å². The molecule has 15 heavy (non-hydrogen) atoms. The Labute approximate surface area is 94.5 Å². The molecule has 1 unspecified atom stereocenters. The lowest BCUT2D eigenvalue weighted by molar-refractivity contribution is -0.138. The molecule has 3 nitrogen and oxygen atoms in total. The summed E-state index contributed by atoms with van der Waals surface area (Å²) in [6.45, 7) is 12.0. The van der Waals surface area contributed by atoms with Crippen LogP contribution in [0, 0.1) is 5.92 Å². The maximum Gasteiger partial charge on any atom is 0.158 e. The fraction of sp³-hybridized carbons (Fsp3) is 1.00. The Kier molecular flexibility index (Phi) is 10.3. The summed E-state index contributed by atoms with van der Waals surface area (Å²) < 4.78 is 10.9. The van der Waals surface area contributed by atoms with E-state index in [2.05, 4.69) is 19.2 Å². The fourth-order valence-corrected chi connectivity index (χ4v) is 1.30. The molecule has 1 N–H and O–H groups in total. The van der Waals surface area contributed by atoms with Gasteiger partial charge in [-0.25, -0.2) is 0 Å². The van der Waals surface area contributed by atoms with Gasteiger partial charge in [0.15, 0.2) is 6.29 Å². The smallest absolute Gasteiger partial charge is 0.158 e. The predicted molar refractivity (Wildman–Crippen MR) is 64.0 cm³/mol. The van der Waals surface area contributed by atoms with Crippen LogP contribution in [-0.2, 0) is 9.47 Å². The van der Waals surface area contributed by atoms with E-state index in [4.69, 9.17) is 9.47 Å². The van der Waals surface area contributed by atoms with Crippen LogP contribution in [0.4, 0.5) is 0 Å². The van der Waals surface area contributed by atoms with E-state index in [9.17, 15) is 0 Å². The molecule has 0 saturated heterocycles. The second-order valence-corrected chi connectivity index (χ2v) is 3.85. The molecule has 1 atom stereocenters. The van der Waals surface area contributed by atoms with Gasteiger partial charge in [0.25, 0.3) is 0 Å². The van der Waals surface area contributed by atoms with Crippen molar-refractivity contribution >= 4 is 0 Å². The standard InChI is InChI=1S/C12H27NO2/c1-5-11(4)10-13-9-8-12(14-6-2)15-7-3/h11-13H,5-10H2,1-4H3. The van der Waals surface area contributed by atoms with E-state index in [1.165, 1.54) is 6.42 Å². The zero-order chi connectivity index (χ0) is 11.5. The number of hydrogen-bond acceptors (Lipinski definition) is 3. The van der Waals surface area contributed by atoms with Gasteiger partial charge in [0, 0.05) is 19.6 Å². The topological polar surface area (TPSA) is 30.5 Å². The molecule has 0 amide bonds. The quantitative estimate of drug-likeness (QED) is 0.450. The molecule has 0 aliphatic rings. The first-order valence-corrected chi connectivity index (χ1v) is 6.18. The van der Waals surface area contributed by atoms with Crippen molar-refractivity contribution in [1.82, 2.24) is 5.32 Å². The lowest BCUT2D eigenvalue weighted by atomic mass is 10.1. The normalized spacial score (nSPS) is 13.4. The maximum absolute atomic E-state index is 5.45. The largest absolute Gasteiger partial charge is 0.353 e. The van der Waals surface area contributed by atoms with Crippen molar-refractivity contribution in [3.8, 4) is 0 Å². The van der Waals surface area contributed by atoms with Gasteiger partial charge in [-0.3, -0.25) is 0 Å². The first-order chi connectivity index (χ1) is 7.24. The van der Waals surface area contributed by atoms with E-state index in [0.29, 0.717) is 0 Å². The minimum absolute atomic E-state index is 0.0376. The molecule has 0 saturated carbocycles. The van der Waals surface area contributed by atoms with Gasteiger partial charge in [-0.2, -0.15) is 0 Å². The molecule has 0 heterocycles. The number of rotatable bonds is 10. The molecule has 0 aromatic carbocycles. The predicted octanol–water partition coefficient (Wildman–Crippen LogP) is 2.41. The van der Waals surface area contributed by atoms with Crippen molar-refractivity contribution in [2.24, 2.45) is 5.92 Å². The van der Waals surface area contributed by atoms with Gasteiger partial charge >= 0.3 is 0 Å². The molecule has 92 valence electrons. The van der Waals surface area contributed by atoms with Gasteiger partial charge in [-0.05, 0) is 32.9 Å². The van der Waals surface area contributed by atoms with Crippen LogP contribution >= 0.6 is 0 Å². The van der Waals surface area contributed by atoms with Crippen molar-refractivity contribution in [3.05, 3.63) is 0 Å². The van der Waals surface area contributed by atoms with Crippen LogP contribution < -0.4 is 5.32 Å². The van der Waals surface area contributed by atoms with Crippen molar-refractivity contribution < 1.29 is 9.47 Å². The minimum atomic E-state index is -0.0376. The van der Waals surface area contributed by atoms with E-state index in [0.717, 1.165) is 38.6 Å². The summed E-state index contributed by atoms with van der Waals surface area (Å²) in [6, 6.07) is 0. The van der Waals surface area contributed by atoms with E-state index in [1.54, 1.807) is 0 Å². The highest BCUT2D eigenvalue weighted by atomic mass is 16.7. The third-order valence-corrected chi connectivity index (χ3v) is 2.45. The average Bonchev–Trinajstić information content (AvgIpc) is 2.24. The highest BCUT2D eigenvalue weighted by Crippen LogP contribution is 2.01. The Balaban J connectivity index is 3.43. The van der Waals surface area contributed by atoms with E-state index in [1.807, 2.05) is 13.8 Å². The molecular formula is C12H27NO2. The van der Waals surface area contributed by atoms with Gasteiger partial charge < -0.3 is 14.8 Å². The maximum atomic E-state index is 5.45. The lowest BCUT2D eigenvalue weighted by Gasteiger charge is -2.17. The Morgan fingerprint density at radius 3 is 2.13 bits per heavy atom. The summed E-state index contributed by atoms with van der Waals surface area (Å²) in [5, 5.41) is 3.42. The summed E-state index contributed by atoms with van der Waals surface area (Å²) in [5.41, 5.74) is 0. The average molecular weight is 217 g/mol. The Bertz CT molecular complexity index is 125. The second-order valence-electron chi connectivity index (χ2n) is 3.85. The van der Waals surface area contributed by atoms with E-state index < -0.39 is 0 Å². The summed E-state index contributed by atoms with van der Waals surface area (Å²) in [5.74, 6) is 0.752. The minimum Gasteiger partial charge on any atom is -0.353 e. The summed E-state index contributed by atoms with van der Waals surface area (Å²) >= 11 is 0. The first-order valence-electron chi connectivity index (χ1n) is 6.18. The highest BCUT2D eigenvalue weighted by Gasteiger charge is 2.07. The van der Waals surface area contributed by atoms with Crippen LogP contribution in [0.3, 0.4) is 0 Å². The third kappa shape index (κ3) is 8.85. The van der Waals surface area contributed by atoms with Crippen LogP contribution in [-0.4, -0.2) is 32.6 Å². The van der Waals surface area contributed by atoms with Gasteiger partial charge in [0.1, 0.15) is 0 Å². The van der Waals surface area contributed by atoms with Gasteiger partial charge in [-0.15, -0.1) is 0 Å². The van der Waals surface area contributed by atoms with E-state index in [-0.39, 0.29) is 6.29 Å². The molecule has 0 radical (unpaired) electrons. The van der Waals surface area contributed by atoms with Crippen LogP contribution in [0.5, 0.6) is 0 Å². The summed E-state index contributed by atoms with van der Waals surface area (Å²) in [7, 11) is 0. The molecule has 3 heteroatoms. The van der Waals surface area contributed by atoms with Gasteiger partial charge in [-0.1, -0.05) is 20.3 Å². The van der Waals surface area contributed by atoms with Crippen molar-refractivity contribution in [3.63, 3.8) is 0 Å². The zero-order valence-corrected chi connectivity index (χ0v) is 10.7. The molecule has 0 bridgehead atoms. The molecule has 0 rings (SSSR count). The first kappa shape index (κ1) is 14.9. The molecule has 0 aromatic heterocycles. The lowest BCUT2D eigenvalue weighted by Crippen LogP contribution is -2.27. The van der Waals surface area contributed by atoms with Crippen molar-refractivity contribution in [2.75, 3.05) is 26.3 Å².